The molecule has 0 fully saturated rings. The van der Waals surface area contributed by atoms with Gasteiger partial charge >= 0.3 is 5.97 Å². The van der Waals surface area contributed by atoms with Gasteiger partial charge in [-0.2, -0.15) is 0 Å². The number of carboxylic acids is 1. The third-order valence-electron chi connectivity index (χ3n) is 2.72. The summed E-state index contributed by atoms with van der Waals surface area (Å²) in [7, 11) is 0. The molecule has 0 saturated heterocycles. The molecule has 0 aliphatic carbocycles. The van der Waals surface area contributed by atoms with Crippen molar-refractivity contribution in [1.29, 1.82) is 0 Å². The van der Waals surface area contributed by atoms with Crippen molar-refractivity contribution in [2.24, 2.45) is 0 Å². The van der Waals surface area contributed by atoms with Crippen LogP contribution in [-0.2, 0) is 0 Å². The van der Waals surface area contributed by atoms with E-state index in [1.807, 2.05) is 24.3 Å². The van der Waals surface area contributed by atoms with Gasteiger partial charge in [-0.05, 0) is 12.5 Å². The van der Waals surface area contributed by atoms with Crippen LogP contribution in [0.1, 0.15) is 30.8 Å². The number of nitrogens with zero attached hydrogens (tertiary/aromatic N) is 2. The summed E-state index contributed by atoms with van der Waals surface area (Å²) in [6.45, 7) is 4.15. The number of rotatable bonds is 4. The predicted octanol–water partition coefficient (Wildman–Crippen LogP) is 3.22. The van der Waals surface area contributed by atoms with Gasteiger partial charge in [-0.25, -0.2) is 4.79 Å². The minimum atomic E-state index is -1.03. The zero-order valence-electron chi connectivity index (χ0n) is 10.3. The smallest absolute Gasteiger partial charge is 0.357 e. The van der Waals surface area contributed by atoms with E-state index in [0.717, 1.165) is 17.3 Å². The Morgan fingerprint density at radius 1 is 1.39 bits per heavy atom. The second kappa shape index (κ2) is 5.35. The normalized spacial score (nSPS) is 12.6. The molecule has 94 valence electrons. The molecule has 0 spiro atoms. The second-order valence-electron chi connectivity index (χ2n) is 4.04. The molecule has 1 heterocycles. The average Bonchev–Trinajstić information content (AvgIpc) is 2.38. The molecular formula is C13H14N2O2S. The van der Waals surface area contributed by atoms with Gasteiger partial charge in [0.1, 0.15) is 0 Å². The highest BCUT2D eigenvalue weighted by Crippen LogP contribution is 2.33. The fourth-order valence-corrected chi connectivity index (χ4v) is 2.68. The zero-order valence-corrected chi connectivity index (χ0v) is 11.1. The van der Waals surface area contributed by atoms with Crippen LogP contribution in [0.5, 0.6) is 0 Å². The summed E-state index contributed by atoms with van der Waals surface area (Å²) in [5, 5.41) is 18.2. The molecule has 0 bridgehead atoms. The van der Waals surface area contributed by atoms with Crippen LogP contribution in [0, 0.1) is 0 Å². The van der Waals surface area contributed by atoms with Gasteiger partial charge in [0.15, 0.2) is 5.69 Å². The highest BCUT2D eigenvalue weighted by atomic mass is 32.2. The summed E-state index contributed by atoms with van der Waals surface area (Å²) in [6, 6.07) is 7.49. The van der Waals surface area contributed by atoms with Crippen molar-refractivity contribution in [3.8, 4) is 0 Å². The Labute approximate surface area is 109 Å². The molecular weight excluding hydrogens is 248 g/mol. The average molecular weight is 262 g/mol. The summed E-state index contributed by atoms with van der Waals surface area (Å²) in [5.74, 6) is -1.03. The number of aromatic carboxylic acids is 1. The molecule has 1 aromatic carbocycles. The van der Waals surface area contributed by atoms with Crippen LogP contribution < -0.4 is 0 Å². The minimum absolute atomic E-state index is 0.0407. The summed E-state index contributed by atoms with van der Waals surface area (Å²) in [6.07, 6.45) is 0.973. The van der Waals surface area contributed by atoms with Crippen LogP contribution in [0.15, 0.2) is 29.2 Å². The maximum atomic E-state index is 11.2. The Morgan fingerprint density at radius 3 is 2.78 bits per heavy atom. The first-order chi connectivity index (χ1) is 8.63. The van der Waals surface area contributed by atoms with Crippen LogP contribution in [0.4, 0.5) is 0 Å². The fourth-order valence-electron chi connectivity index (χ4n) is 1.57. The summed E-state index contributed by atoms with van der Waals surface area (Å²) in [5.41, 5.74) is 0.771. The molecule has 1 N–H and O–H groups in total. The monoisotopic (exact) mass is 262 g/mol. The topological polar surface area (TPSA) is 63.1 Å². The lowest BCUT2D eigenvalue weighted by Gasteiger charge is -2.12. The standard InChI is InChI=1S/C13H14N2O2S/c1-3-8(2)18-12-9-6-4-5-7-10(9)14-15-11(12)13(16)17/h4-8H,3H2,1-2H3,(H,16,17). The molecule has 0 amide bonds. The molecule has 2 aromatic rings. The van der Waals surface area contributed by atoms with E-state index < -0.39 is 5.97 Å². The van der Waals surface area contributed by atoms with Gasteiger partial charge in [0.25, 0.3) is 0 Å². The third kappa shape index (κ3) is 2.46. The third-order valence-corrected chi connectivity index (χ3v) is 4.10. The van der Waals surface area contributed by atoms with Crippen molar-refractivity contribution in [3.63, 3.8) is 0 Å². The van der Waals surface area contributed by atoms with Gasteiger partial charge in [0.2, 0.25) is 0 Å². The van der Waals surface area contributed by atoms with Crippen molar-refractivity contribution < 1.29 is 9.90 Å². The molecule has 1 atom stereocenters. The predicted molar refractivity (Wildman–Crippen MR) is 72.1 cm³/mol. The molecule has 0 aliphatic heterocycles. The van der Waals surface area contributed by atoms with Gasteiger partial charge in [-0.3, -0.25) is 0 Å². The van der Waals surface area contributed by atoms with Crippen LogP contribution in [0.3, 0.4) is 0 Å². The first kappa shape index (κ1) is 12.8. The van der Waals surface area contributed by atoms with Crippen molar-refractivity contribution in [2.45, 2.75) is 30.4 Å². The zero-order chi connectivity index (χ0) is 13.1. The molecule has 1 unspecified atom stereocenters. The lowest BCUT2D eigenvalue weighted by molar-refractivity contribution is 0.0685. The molecule has 18 heavy (non-hydrogen) atoms. The van der Waals surface area contributed by atoms with E-state index in [1.165, 1.54) is 0 Å². The van der Waals surface area contributed by atoms with E-state index >= 15 is 0 Å². The first-order valence-electron chi connectivity index (χ1n) is 5.78. The number of carboxylic acid groups (broad SMARTS) is 1. The van der Waals surface area contributed by atoms with Gasteiger partial charge in [0, 0.05) is 10.6 Å². The maximum Gasteiger partial charge on any atom is 0.357 e. The van der Waals surface area contributed by atoms with Crippen molar-refractivity contribution in [3.05, 3.63) is 30.0 Å². The summed E-state index contributed by atoms with van der Waals surface area (Å²) >= 11 is 1.54. The lowest BCUT2D eigenvalue weighted by atomic mass is 10.2. The summed E-state index contributed by atoms with van der Waals surface area (Å²) in [4.78, 5) is 11.9. The second-order valence-corrected chi connectivity index (χ2v) is 5.49. The quantitative estimate of drug-likeness (QED) is 0.857. The highest BCUT2D eigenvalue weighted by Gasteiger charge is 2.18. The number of hydrogen-bond acceptors (Lipinski definition) is 4. The largest absolute Gasteiger partial charge is 0.476 e. The van der Waals surface area contributed by atoms with E-state index in [9.17, 15) is 9.90 Å². The van der Waals surface area contributed by atoms with Crippen LogP contribution in [-0.4, -0.2) is 26.5 Å². The molecule has 0 radical (unpaired) electrons. The van der Waals surface area contributed by atoms with Gasteiger partial charge in [-0.15, -0.1) is 22.0 Å². The van der Waals surface area contributed by atoms with E-state index in [4.69, 9.17) is 0 Å². The molecule has 4 nitrogen and oxygen atoms in total. The SMILES string of the molecule is CCC(C)Sc1c(C(=O)O)nnc2ccccc12. The molecule has 0 aliphatic rings. The number of thioether (sulfide) groups is 1. The minimum Gasteiger partial charge on any atom is -0.476 e. The Bertz CT molecular complexity index is 586. The van der Waals surface area contributed by atoms with Gasteiger partial charge in [0.05, 0.1) is 10.4 Å². The Kier molecular flexibility index (Phi) is 3.81. The molecule has 0 saturated carbocycles. The van der Waals surface area contributed by atoms with Crippen LogP contribution in [0.25, 0.3) is 10.9 Å². The Morgan fingerprint density at radius 2 is 2.11 bits per heavy atom. The maximum absolute atomic E-state index is 11.2. The van der Waals surface area contributed by atoms with Crippen molar-refractivity contribution >= 4 is 28.6 Å². The van der Waals surface area contributed by atoms with E-state index in [1.54, 1.807) is 11.8 Å². The van der Waals surface area contributed by atoms with Crippen molar-refractivity contribution in [2.75, 3.05) is 0 Å². The van der Waals surface area contributed by atoms with E-state index in [-0.39, 0.29) is 5.69 Å². The van der Waals surface area contributed by atoms with Crippen molar-refractivity contribution in [1.82, 2.24) is 10.2 Å². The number of carbonyl (C=O) groups is 1. The number of aromatic nitrogens is 2. The van der Waals surface area contributed by atoms with Gasteiger partial charge in [-0.1, -0.05) is 32.0 Å². The molecule has 2 rings (SSSR count). The Balaban J connectivity index is 2.62. The van der Waals surface area contributed by atoms with E-state index in [0.29, 0.717) is 10.1 Å². The Hall–Kier alpha value is -1.62. The molecule has 1 aromatic heterocycles. The fraction of sp³-hybridized carbons (Fsp3) is 0.308. The number of hydrogen-bond donors (Lipinski definition) is 1. The number of benzene rings is 1. The first-order valence-corrected chi connectivity index (χ1v) is 6.66. The molecule has 5 heteroatoms. The highest BCUT2D eigenvalue weighted by molar-refractivity contribution is 8.00. The summed E-state index contributed by atoms with van der Waals surface area (Å²) < 4.78 is 0. The lowest BCUT2D eigenvalue weighted by Crippen LogP contribution is -2.07. The van der Waals surface area contributed by atoms with Crippen LogP contribution in [0.2, 0.25) is 0 Å². The van der Waals surface area contributed by atoms with Gasteiger partial charge < -0.3 is 5.11 Å². The number of fused-ring (bicyclic) bond motifs is 1. The van der Waals surface area contributed by atoms with Crippen LogP contribution >= 0.6 is 11.8 Å². The van der Waals surface area contributed by atoms with E-state index in [2.05, 4.69) is 24.0 Å².